The number of hydrogen-bond acceptors (Lipinski definition) is 5. The van der Waals surface area contributed by atoms with Gasteiger partial charge in [-0.05, 0) is 55.8 Å². The lowest BCUT2D eigenvalue weighted by Crippen LogP contribution is -2.13. The summed E-state index contributed by atoms with van der Waals surface area (Å²) >= 11 is 0. The first-order chi connectivity index (χ1) is 14.1. The molecule has 4 aromatic rings. The molecule has 2 aromatic carbocycles. The predicted molar refractivity (Wildman–Crippen MR) is 110 cm³/mol. The van der Waals surface area contributed by atoms with Crippen molar-refractivity contribution in [3.05, 3.63) is 90.0 Å². The Morgan fingerprint density at radius 3 is 2.41 bits per heavy atom. The summed E-state index contributed by atoms with van der Waals surface area (Å²) in [6.45, 7) is 3.80. The zero-order valence-electron chi connectivity index (χ0n) is 16.0. The van der Waals surface area contributed by atoms with E-state index in [-0.39, 0.29) is 5.91 Å². The molecule has 7 heteroatoms. The van der Waals surface area contributed by atoms with Gasteiger partial charge in [0.1, 0.15) is 11.6 Å². The fourth-order valence-corrected chi connectivity index (χ4v) is 2.87. The maximum absolute atomic E-state index is 12.4. The monoisotopic (exact) mass is 385 g/mol. The topological polar surface area (TPSA) is 81.9 Å². The summed E-state index contributed by atoms with van der Waals surface area (Å²) in [6.07, 6.45) is 3.53. The molecule has 29 heavy (non-hydrogen) atoms. The number of carbonyl (C=O) groups is 1. The molecule has 0 radical (unpaired) electrons. The van der Waals surface area contributed by atoms with Crippen LogP contribution in [0.2, 0.25) is 0 Å². The van der Waals surface area contributed by atoms with Gasteiger partial charge in [0.25, 0.3) is 5.91 Å². The fraction of sp³-hybridized carbons (Fsp3) is 0.0909. The minimum absolute atomic E-state index is 0.145. The molecule has 0 spiro atoms. The van der Waals surface area contributed by atoms with Gasteiger partial charge >= 0.3 is 0 Å². The highest BCUT2D eigenvalue weighted by atomic mass is 16.5. The van der Waals surface area contributed by atoms with E-state index >= 15 is 0 Å². The Morgan fingerprint density at radius 1 is 0.966 bits per heavy atom. The highest BCUT2D eigenvalue weighted by Crippen LogP contribution is 2.22. The number of amides is 1. The van der Waals surface area contributed by atoms with Crippen molar-refractivity contribution in [1.82, 2.24) is 19.7 Å². The van der Waals surface area contributed by atoms with E-state index in [1.807, 2.05) is 48.9 Å². The third-order valence-corrected chi connectivity index (χ3v) is 4.42. The van der Waals surface area contributed by atoms with Crippen LogP contribution in [0, 0.1) is 13.8 Å². The van der Waals surface area contributed by atoms with Gasteiger partial charge in [-0.3, -0.25) is 9.36 Å². The van der Waals surface area contributed by atoms with Crippen LogP contribution in [0.25, 0.3) is 5.82 Å². The lowest BCUT2D eigenvalue weighted by atomic mass is 10.1. The predicted octanol–water partition coefficient (Wildman–Crippen LogP) is 4.32. The number of carbonyl (C=O) groups excluding carboxylic acids is 1. The van der Waals surface area contributed by atoms with Crippen LogP contribution in [-0.2, 0) is 0 Å². The van der Waals surface area contributed by atoms with Crippen LogP contribution in [0.3, 0.4) is 0 Å². The second-order valence-electron chi connectivity index (χ2n) is 6.47. The molecule has 7 nitrogen and oxygen atoms in total. The number of aryl methyl sites for hydroxylation is 2. The van der Waals surface area contributed by atoms with Crippen LogP contribution in [0.15, 0.2) is 73.1 Å². The molecule has 2 heterocycles. The van der Waals surface area contributed by atoms with Crippen molar-refractivity contribution in [2.24, 2.45) is 0 Å². The molecule has 0 saturated carbocycles. The van der Waals surface area contributed by atoms with Crippen molar-refractivity contribution >= 4 is 11.6 Å². The lowest BCUT2D eigenvalue weighted by molar-refractivity contribution is 0.102. The van der Waals surface area contributed by atoms with Crippen molar-refractivity contribution in [1.29, 1.82) is 0 Å². The SMILES string of the molecule is Cc1ccccc1C(=O)Nc1ccc(Oc2ccc(-n3ccnc3C)nn2)cc1. The van der Waals surface area contributed by atoms with Gasteiger partial charge in [0.05, 0.1) is 0 Å². The average molecular weight is 385 g/mol. The minimum Gasteiger partial charge on any atom is -0.438 e. The van der Waals surface area contributed by atoms with Gasteiger partial charge in [-0.1, -0.05) is 18.2 Å². The molecule has 2 aromatic heterocycles. The third-order valence-electron chi connectivity index (χ3n) is 4.42. The first-order valence-corrected chi connectivity index (χ1v) is 9.09. The van der Waals surface area contributed by atoms with Crippen LogP contribution in [-0.4, -0.2) is 25.7 Å². The zero-order valence-corrected chi connectivity index (χ0v) is 16.0. The van der Waals surface area contributed by atoms with Crippen molar-refractivity contribution in [3.63, 3.8) is 0 Å². The highest BCUT2D eigenvalue weighted by molar-refractivity contribution is 6.05. The van der Waals surface area contributed by atoms with E-state index in [4.69, 9.17) is 4.74 Å². The number of benzene rings is 2. The van der Waals surface area contributed by atoms with Gasteiger partial charge in [-0.15, -0.1) is 10.2 Å². The number of rotatable bonds is 5. The van der Waals surface area contributed by atoms with Crippen molar-refractivity contribution < 1.29 is 9.53 Å². The molecule has 0 aliphatic carbocycles. The van der Waals surface area contributed by atoms with Crippen LogP contribution in [0.1, 0.15) is 21.7 Å². The molecule has 0 aliphatic rings. The smallest absolute Gasteiger partial charge is 0.255 e. The summed E-state index contributed by atoms with van der Waals surface area (Å²) in [7, 11) is 0. The standard InChI is InChI=1S/C22H19N5O2/c1-15-5-3-4-6-19(15)22(28)24-17-7-9-18(10-8-17)29-21-12-11-20(25-26-21)27-14-13-23-16(27)2/h3-14H,1-2H3,(H,24,28). The van der Waals surface area contributed by atoms with Gasteiger partial charge in [0.2, 0.25) is 5.88 Å². The number of aromatic nitrogens is 4. The summed E-state index contributed by atoms with van der Waals surface area (Å²) in [5, 5.41) is 11.2. The molecule has 144 valence electrons. The molecular formula is C22H19N5O2. The Morgan fingerprint density at radius 2 is 1.76 bits per heavy atom. The molecular weight excluding hydrogens is 366 g/mol. The summed E-state index contributed by atoms with van der Waals surface area (Å²) in [4.78, 5) is 16.6. The number of nitrogens with zero attached hydrogens (tertiary/aromatic N) is 4. The average Bonchev–Trinajstić information content (AvgIpc) is 3.16. The van der Waals surface area contributed by atoms with E-state index in [0.717, 1.165) is 11.4 Å². The summed E-state index contributed by atoms with van der Waals surface area (Å²) in [5.41, 5.74) is 2.26. The van der Waals surface area contributed by atoms with E-state index in [1.54, 1.807) is 42.6 Å². The molecule has 4 rings (SSSR count). The Hall–Kier alpha value is -4.00. The van der Waals surface area contributed by atoms with Gasteiger partial charge in [-0.25, -0.2) is 4.98 Å². The number of nitrogens with one attached hydrogen (secondary N) is 1. The van der Waals surface area contributed by atoms with E-state index in [9.17, 15) is 4.79 Å². The van der Waals surface area contributed by atoms with E-state index in [2.05, 4.69) is 20.5 Å². The van der Waals surface area contributed by atoms with Gasteiger partial charge in [0, 0.05) is 29.7 Å². The molecule has 0 atom stereocenters. The maximum atomic E-state index is 12.4. The summed E-state index contributed by atoms with van der Waals surface area (Å²) in [6, 6.07) is 18.1. The van der Waals surface area contributed by atoms with Crippen LogP contribution in [0.4, 0.5) is 5.69 Å². The van der Waals surface area contributed by atoms with Crippen LogP contribution in [0.5, 0.6) is 11.6 Å². The van der Waals surface area contributed by atoms with Crippen molar-refractivity contribution in [2.75, 3.05) is 5.32 Å². The number of imidazole rings is 1. The van der Waals surface area contributed by atoms with Crippen LogP contribution < -0.4 is 10.1 Å². The summed E-state index contributed by atoms with van der Waals surface area (Å²) in [5.74, 6) is 2.33. The Labute approximate surface area is 168 Å². The highest BCUT2D eigenvalue weighted by Gasteiger charge is 2.09. The second-order valence-corrected chi connectivity index (χ2v) is 6.47. The Bertz CT molecular complexity index is 1130. The number of ether oxygens (including phenoxy) is 1. The third kappa shape index (κ3) is 4.14. The van der Waals surface area contributed by atoms with E-state index in [1.165, 1.54) is 0 Å². The van der Waals surface area contributed by atoms with E-state index in [0.29, 0.717) is 28.7 Å². The van der Waals surface area contributed by atoms with Gasteiger partial charge < -0.3 is 10.1 Å². The Balaban J connectivity index is 1.41. The number of anilines is 1. The molecule has 1 N–H and O–H groups in total. The molecule has 0 fully saturated rings. The first kappa shape index (κ1) is 18.4. The fourth-order valence-electron chi connectivity index (χ4n) is 2.87. The Kier molecular flexibility index (Phi) is 5.03. The lowest BCUT2D eigenvalue weighted by Gasteiger charge is -2.09. The maximum Gasteiger partial charge on any atom is 0.255 e. The normalized spacial score (nSPS) is 10.6. The van der Waals surface area contributed by atoms with Crippen LogP contribution >= 0.6 is 0 Å². The van der Waals surface area contributed by atoms with Crippen molar-refractivity contribution in [3.8, 4) is 17.4 Å². The minimum atomic E-state index is -0.145. The summed E-state index contributed by atoms with van der Waals surface area (Å²) < 4.78 is 7.57. The van der Waals surface area contributed by atoms with Gasteiger partial charge in [-0.2, -0.15) is 0 Å². The largest absolute Gasteiger partial charge is 0.438 e. The molecule has 0 bridgehead atoms. The second kappa shape index (κ2) is 7.93. The van der Waals surface area contributed by atoms with Gasteiger partial charge in [0.15, 0.2) is 5.82 Å². The number of hydrogen-bond donors (Lipinski definition) is 1. The zero-order chi connectivity index (χ0) is 20.2. The molecule has 1 amide bonds. The molecule has 0 aliphatic heterocycles. The molecule has 0 saturated heterocycles. The van der Waals surface area contributed by atoms with E-state index < -0.39 is 0 Å². The quantitative estimate of drug-likeness (QED) is 0.553. The molecule has 0 unspecified atom stereocenters. The van der Waals surface area contributed by atoms with Crippen molar-refractivity contribution in [2.45, 2.75) is 13.8 Å². The first-order valence-electron chi connectivity index (χ1n) is 9.09.